The molecule has 2 N–H and O–H groups in total. The largest absolute Gasteiger partial charge is 0.370 e. The number of fused-ring (bicyclic) bond motifs is 1. The molecule has 0 bridgehead atoms. The van der Waals surface area contributed by atoms with Crippen LogP contribution in [0, 0.1) is 13.8 Å². The summed E-state index contributed by atoms with van der Waals surface area (Å²) >= 11 is 0. The van der Waals surface area contributed by atoms with Crippen molar-refractivity contribution < 1.29 is 9.64 Å². The zero-order valence-corrected chi connectivity index (χ0v) is 16.7. The second-order valence-corrected chi connectivity index (χ2v) is 7.46. The van der Waals surface area contributed by atoms with Gasteiger partial charge in [0.05, 0.1) is 25.1 Å². The smallest absolute Gasteiger partial charge is 0.145 e. The number of rotatable bonds is 7. The lowest BCUT2D eigenvalue weighted by Gasteiger charge is -2.23. The number of nitrogens with one attached hydrogen (secondary N) is 2. The van der Waals surface area contributed by atoms with Crippen LogP contribution in [0.4, 0.5) is 5.82 Å². The molecule has 28 heavy (non-hydrogen) atoms. The maximum Gasteiger partial charge on any atom is 0.145 e. The van der Waals surface area contributed by atoms with Crippen molar-refractivity contribution in [1.29, 1.82) is 0 Å². The molecule has 0 aliphatic carbocycles. The number of anilines is 1. The summed E-state index contributed by atoms with van der Waals surface area (Å²) in [5.74, 6) is 0.895. The Hall–Kier alpha value is -2.51. The van der Waals surface area contributed by atoms with E-state index in [1.807, 2.05) is 12.3 Å². The molecule has 1 aliphatic rings. The third-order valence-electron chi connectivity index (χ3n) is 5.70. The van der Waals surface area contributed by atoms with Crippen LogP contribution >= 0.6 is 0 Å². The SMILES string of the molecule is Cc1c(C)n(CCC[NH+]2CCOCC2)c2ncnc(NCc3cccnc3)c12. The molecule has 0 saturated carbocycles. The van der Waals surface area contributed by atoms with E-state index in [-0.39, 0.29) is 0 Å². The number of nitrogens with zero attached hydrogens (tertiary/aromatic N) is 4. The van der Waals surface area contributed by atoms with Crippen molar-refractivity contribution in [2.75, 3.05) is 38.2 Å². The Morgan fingerprint density at radius 1 is 1.21 bits per heavy atom. The van der Waals surface area contributed by atoms with Crippen LogP contribution in [0.15, 0.2) is 30.9 Å². The lowest BCUT2D eigenvalue weighted by molar-refractivity contribution is -0.908. The molecule has 0 aromatic carbocycles. The van der Waals surface area contributed by atoms with Crippen LogP contribution in [0.1, 0.15) is 23.2 Å². The maximum absolute atomic E-state index is 5.46. The van der Waals surface area contributed by atoms with E-state index in [4.69, 9.17) is 4.74 Å². The summed E-state index contributed by atoms with van der Waals surface area (Å²) in [6.45, 7) is 11.2. The molecule has 1 aliphatic heterocycles. The van der Waals surface area contributed by atoms with Crippen LogP contribution < -0.4 is 10.2 Å². The first-order valence-electron chi connectivity index (χ1n) is 10.1. The minimum Gasteiger partial charge on any atom is -0.370 e. The predicted octanol–water partition coefficient (Wildman–Crippen LogP) is 1.36. The van der Waals surface area contributed by atoms with Crippen molar-refractivity contribution in [1.82, 2.24) is 19.5 Å². The number of ether oxygens (including phenoxy) is 1. The van der Waals surface area contributed by atoms with E-state index >= 15 is 0 Å². The topological polar surface area (TPSA) is 69.3 Å². The number of quaternary nitrogens is 1. The molecule has 3 aromatic rings. The molecule has 0 atom stereocenters. The van der Waals surface area contributed by atoms with Crippen LogP contribution in [-0.2, 0) is 17.8 Å². The summed E-state index contributed by atoms with van der Waals surface area (Å²) in [6.07, 6.45) is 6.47. The number of morpholine rings is 1. The highest BCUT2D eigenvalue weighted by Crippen LogP contribution is 2.29. The summed E-state index contributed by atoms with van der Waals surface area (Å²) in [4.78, 5) is 15.0. The first-order valence-corrected chi connectivity index (χ1v) is 10.1. The zero-order valence-electron chi connectivity index (χ0n) is 16.7. The van der Waals surface area contributed by atoms with Crippen molar-refractivity contribution in [2.45, 2.75) is 33.4 Å². The molecule has 7 nitrogen and oxygen atoms in total. The minimum absolute atomic E-state index is 0.698. The van der Waals surface area contributed by atoms with Gasteiger partial charge in [-0.2, -0.15) is 0 Å². The molecular weight excluding hydrogens is 352 g/mol. The van der Waals surface area contributed by atoms with Gasteiger partial charge in [0.15, 0.2) is 0 Å². The van der Waals surface area contributed by atoms with Crippen LogP contribution in [0.5, 0.6) is 0 Å². The normalized spacial score (nSPS) is 15.2. The molecule has 4 rings (SSSR count). The van der Waals surface area contributed by atoms with E-state index in [1.54, 1.807) is 17.4 Å². The Bertz CT molecular complexity index is 918. The van der Waals surface area contributed by atoms with Crippen molar-refractivity contribution >= 4 is 16.9 Å². The van der Waals surface area contributed by atoms with Crippen molar-refractivity contribution in [3.8, 4) is 0 Å². The fraction of sp³-hybridized carbons (Fsp3) is 0.476. The Morgan fingerprint density at radius 2 is 2.07 bits per heavy atom. The van der Waals surface area contributed by atoms with Gasteiger partial charge in [-0.25, -0.2) is 9.97 Å². The van der Waals surface area contributed by atoms with Gasteiger partial charge in [-0.1, -0.05) is 6.07 Å². The summed E-state index contributed by atoms with van der Waals surface area (Å²) in [7, 11) is 0. The molecule has 3 aromatic heterocycles. The van der Waals surface area contributed by atoms with E-state index in [9.17, 15) is 0 Å². The molecule has 0 amide bonds. The van der Waals surface area contributed by atoms with Gasteiger partial charge >= 0.3 is 0 Å². The number of aromatic nitrogens is 4. The van der Waals surface area contributed by atoms with Crippen LogP contribution in [0.3, 0.4) is 0 Å². The van der Waals surface area contributed by atoms with Gasteiger partial charge in [-0.15, -0.1) is 0 Å². The number of pyridine rings is 1. The zero-order chi connectivity index (χ0) is 19.3. The van der Waals surface area contributed by atoms with Gasteiger partial charge in [0.1, 0.15) is 30.9 Å². The summed E-state index contributed by atoms with van der Waals surface area (Å²) < 4.78 is 7.81. The van der Waals surface area contributed by atoms with Gasteiger partial charge < -0.3 is 19.5 Å². The average molecular weight is 382 g/mol. The van der Waals surface area contributed by atoms with Gasteiger partial charge in [0.2, 0.25) is 0 Å². The van der Waals surface area contributed by atoms with Gasteiger partial charge in [0.25, 0.3) is 0 Å². The van der Waals surface area contributed by atoms with Gasteiger partial charge in [-0.3, -0.25) is 4.98 Å². The number of hydrogen-bond acceptors (Lipinski definition) is 5. The Morgan fingerprint density at radius 3 is 2.86 bits per heavy atom. The standard InChI is InChI=1S/C21H28N6O/c1-16-17(2)27(8-4-7-26-9-11-28-12-10-26)21-19(16)20(24-15-25-21)23-14-18-5-3-6-22-13-18/h3,5-6,13,15H,4,7-12,14H2,1-2H3,(H,23,24,25)/p+1. The monoisotopic (exact) mass is 381 g/mol. The molecule has 1 saturated heterocycles. The maximum atomic E-state index is 5.46. The third-order valence-corrected chi connectivity index (χ3v) is 5.70. The quantitative estimate of drug-likeness (QED) is 0.647. The van der Waals surface area contributed by atoms with Crippen molar-refractivity contribution in [3.63, 3.8) is 0 Å². The molecule has 148 valence electrons. The molecule has 0 spiro atoms. The summed E-state index contributed by atoms with van der Waals surface area (Å²) in [6, 6.07) is 4.02. The second kappa shape index (κ2) is 8.67. The number of hydrogen-bond donors (Lipinski definition) is 2. The summed E-state index contributed by atoms with van der Waals surface area (Å²) in [5.41, 5.74) is 4.69. The molecule has 7 heteroatoms. The van der Waals surface area contributed by atoms with E-state index in [0.717, 1.165) is 61.7 Å². The highest BCUT2D eigenvalue weighted by atomic mass is 16.5. The molecule has 0 radical (unpaired) electrons. The first kappa shape index (κ1) is 18.8. The van der Waals surface area contributed by atoms with Crippen LogP contribution in [-0.4, -0.2) is 52.4 Å². The molecular formula is C21H29N6O+. The van der Waals surface area contributed by atoms with Crippen molar-refractivity contribution in [2.24, 2.45) is 0 Å². The van der Waals surface area contributed by atoms with Crippen LogP contribution in [0.2, 0.25) is 0 Å². The Labute approximate surface area is 165 Å². The minimum atomic E-state index is 0.698. The number of aryl methyl sites for hydroxylation is 2. The lowest BCUT2D eigenvalue weighted by Crippen LogP contribution is -3.14. The second-order valence-electron chi connectivity index (χ2n) is 7.46. The van der Waals surface area contributed by atoms with Crippen LogP contribution in [0.25, 0.3) is 11.0 Å². The summed E-state index contributed by atoms with van der Waals surface area (Å²) in [5, 5.41) is 4.60. The molecule has 0 unspecified atom stereocenters. The van der Waals surface area contributed by atoms with E-state index in [1.165, 1.54) is 17.8 Å². The highest BCUT2D eigenvalue weighted by molar-refractivity contribution is 5.91. The molecule has 1 fully saturated rings. The third kappa shape index (κ3) is 4.00. The van der Waals surface area contributed by atoms with Gasteiger partial charge in [-0.05, 0) is 31.0 Å². The van der Waals surface area contributed by atoms with E-state index < -0.39 is 0 Å². The fourth-order valence-electron chi connectivity index (χ4n) is 3.96. The van der Waals surface area contributed by atoms with E-state index in [0.29, 0.717) is 6.54 Å². The Balaban J connectivity index is 1.50. The molecule has 4 heterocycles. The fourth-order valence-corrected chi connectivity index (χ4v) is 3.96. The predicted molar refractivity (Wildman–Crippen MR) is 110 cm³/mol. The van der Waals surface area contributed by atoms with Gasteiger partial charge in [0, 0.05) is 37.6 Å². The average Bonchev–Trinajstić information content (AvgIpc) is 2.99. The first-order chi connectivity index (χ1) is 13.7. The Kier molecular flexibility index (Phi) is 5.83. The van der Waals surface area contributed by atoms with E-state index in [2.05, 4.69) is 44.7 Å². The van der Waals surface area contributed by atoms with Crippen molar-refractivity contribution in [3.05, 3.63) is 47.7 Å². The lowest BCUT2D eigenvalue weighted by atomic mass is 10.2. The highest BCUT2D eigenvalue weighted by Gasteiger charge is 2.18.